The Labute approximate surface area is 58.9 Å². The first-order chi connectivity index (χ1) is 4.20. The molecule has 0 rings (SSSR count). The first-order valence-electron chi connectivity index (χ1n) is 2.59. The van der Waals surface area contributed by atoms with Crippen LogP contribution in [0.1, 0.15) is 13.3 Å². The summed E-state index contributed by atoms with van der Waals surface area (Å²) in [5, 5.41) is 0. The van der Waals surface area contributed by atoms with Crippen molar-refractivity contribution in [2.24, 2.45) is 0 Å². The lowest BCUT2D eigenvalue weighted by atomic mass is 10.5. The zero-order chi connectivity index (χ0) is 7.28. The number of alkyl halides is 1. The molecule has 0 aromatic carbocycles. The van der Waals surface area contributed by atoms with Gasteiger partial charge in [-0.1, -0.05) is 18.5 Å². The minimum Gasteiger partial charge on any atom is -0.438 e. The highest BCUT2D eigenvalue weighted by atomic mass is 35.5. The largest absolute Gasteiger partial charge is 0.509 e. The van der Waals surface area contributed by atoms with Gasteiger partial charge in [0.2, 0.25) is 0 Å². The average Bonchev–Trinajstić information content (AvgIpc) is 1.87. The van der Waals surface area contributed by atoms with E-state index in [1.807, 2.05) is 0 Å². The summed E-state index contributed by atoms with van der Waals surface area (Å²) in [7, 11) is 1.24. The lowest BCUT2D eigenvalue weighted by molar-refractivity contribution is 0.0612. The van der Waals surface area contributed by atoms with E-state index < -0.39 is 11.7 Å². The number of ether oxygens (including phenoxy) is 2. The second kappa shape index (κ2) is 4.44. The summed E-state index contributed by atoms with van der Waals surface area (Å²) >= 11 is 5.42. The molecule has 0 N–H and O–H groups in total. The van der Waals surface area contributed by atoms with E-state index in [2.05, 4.69) is 9.47 Å². The van der Waals surface area contributed by atoms with Gasteiger partial charge < -0.3 is 9.47 Å². The lowest BCUT2D eigenvalue weighted by Gasteiger charge is -2.05. The van der Waals surface area contributed by atoms with Gasteiger partial charge in [0.05, 0.1) is 7.11 Å². The van der Waals surface area contributed by atoms with Gasteiger partial charge in [-0.15, -0.1) is 0 Å². The number of hydrogen-bond donors (Lipinski definition) is 0. The summed E-state index contributed by atoms with van der Waals surface area (Å²) in [4.78, 5) is 10.3. The normalized spacial score (nSPS) is 12.3. The smallest absolute Gasteiger partial charge is 0.438 e. The Bertz CT molecular complexity index is 94.2. The quantitative estimate of drug-likeness (QED) is 0.447. The molecule has 54 valence electrons. The first-order valence-corrected chi connectivity index (χ1v) is 3.03. The van der Waals surface area contributed by atoms with Crippen molar-refractivity contribution in [3.63, 3.8) is 0 Å². The second-order valence-electron chi connectivity index (χ2n) is 1.39. The van der Waals surface area contributed by atoms with Crippen LogP contribution in [0.15, 0.2) is 0 Å². The monoisotopic (exact) mass is 152 g/mol. The number of carbonyl (C=O) groups is 1. The van der Waals surface area contributed by atoms with Crippen LogP contribution in [0.2, 0.25) is 0 Å². The van der Waals surface area contributed by atoms with Crippen LogP contribution in [0.5, 0.6) is 0 Å². The number of rotatable bonds is 2. The number of halogens is 1. The van der Waals surface area contributed by atoms with E-state index in [0.717, 1.165) is 0 Å². The van der Waals surface area contributed by atoms with Gasteiger partial charge in [0.25, 0.3) is 0 Å². The zero-order valence-corrected chi connectivity index (χ0v) is 6.14. The molecule has 1 atom stereocenters. The minimum atomic E-state index is -0.739. The molecule has 0 radical (unpaired) electrons. The molecule has 3 nitrogen and oxygen atoms in total. The molecule has 4 heteroatoms. The van der Waals surface area contributed by atoms with Crippen LogP contribution in [0.3, 0.4) is 0 Å². The van der Waals surface area contributed by atoms with Crippen LogP contribution >= 0.6 is 11.6 Å². The third-order valence-electron chi connectivity index (χ3n) is 0.712. The third-order valence-corrected chi connectivity index (χ3v) is 1.11. The predicted molar refractivity (Wildman–Crippen MR) is 33.4 cm³/mol. The molecule has 0 aromatic rings. The Balaban J connectivity index is 3.34. The molecule has 0 aliphatic heterocycles. The van der Waals surface area contributed by atoms with Gasteiger partial charge in [-0.2, -0.15) is 0 Å². The fourth-order valence-corrected chi connectivity index (χ4v) is 0.309. The second-order valence-corrected chi connectivity index (χ2v) is 1.88. The van der Waals surface area contributed by atoms with Crippen molar-refractivity contribution in [1.82, 2.24) is 0 Å². The summed E-state index contributed by atoms with van der Waals surface area (Å²) in [6.07, 6.45) is -0.159. The SMILES string of the molecule is CC[C@@H](Cl)OC(=O)OC. The highest BCUT2D eigenvalue weighted by molar-refractivity contribution is 6.20. The molecule has 0 saturated carbocycles. The van der Waals surface area contributed by atoms with Crippen LogP contribution in [-0.4, -0.2) is 18.8 Å². The standard InChI is InChI=1S/C5H9ClO3/c1-3-4(6)9-5(7)8-2/h4H,3H2,1-2H3/t4-/m0/s1. The van der Waals surface area contributed by atoms with Crippen LogP contribution < -0.4 is 0 Å². The van der Waals surface area contributed by atoms with Gasteiger partial charge in [-0.25, -0.2) is 4.79 Å². The first kappa shape index (κ1) is 8.56. The highest BCUT2D eigenvalue weighted by Crippen LogP contribution is 2.03. The number of methoxy groups -OCH3 is 1. The molecule has 0 amide bonds. The molecule has 9 heavy (non-hydrogen) atoms. The van der Waals surface area contributed by atoms with Gasteiger partial charge >= 0.3 is 6.16 Å². The Morgan fingerprint density at radius 3 is 2.67 bits per heavy atom. The molecule has 0 aliphatic rings. The molecular weight excluding hydrogens is 144 g/mol. The van der Waals surface area contributed by atoms with Gasteiger partial charge in [0.15, 0.2) is 5.56 Å². The van der Waals surface area contributed by atoms with E-state index >= 15 is 0 Å². The minimum absolute atomic E-state index is 0.572. The lowest BCUT2D eigenvalue weighted by Crippen LogP contribution is -2.11. The third kappa shape index (κ3) is 4.09. The number of hydrogen-bond acceptors (Lipinski definition) is 3. The fraction of sp³-hybridized carbons (Fsp3) is 0.800. The van der Waals surface area contributed by atoms with E-state index in [1.54, 1.807) is 6.92 Å². The van der Waals surface area contributed by atoms with Crippen LogP contribution in [0.25, 0.3) is 0 Å². The van der Waals surface area contributed by atoms with Crippen molar-refractivity contribution in [2.75, 3.05) is 7.11 Å². The van der Waals surface area contributed by atoms with Crippen molar-refractivity contribution < 1.29 is 14.3 Å². The Morgan fingerprint density at radius 2 is 2.33 bits per heavy atom. The van der Waals surface area contributed by atoms with Gasteiger partial charge in [0, 0.05) is 0 Å². The van der Waals surface area contributed by atoms with Crippen molar-refractivity contribution in [3.8, 4) is 0 Å². The van der Waals surface area contributed by atoms with Crippen molar-refractivity contribution in [2.45, 2.75) is 18.9 Å². The van der Waals surface area contributed by atoms with E-state index in [1.165, 1.54) is 7.11 Å². The van der Waals surface area contributed by atoms with Crippen molar-refractivity contribution in [3.05, 3.63) is 0 Å². The summed E-state index contributed by atoms with van der Waals surface area (Å²) in [5.41, 5.74) is -0.572. The Hall–Kier alpha value is -0.440. The van der Waals surface area contributed by atoms with Gasteiger partial charge in [0.1, 0.15) is 0 Å². The van der Waals surface area contributed by atoms with Crippen LogP contribution in [0.4, 0.5) is 4.79 Å². The van der Waals surface area contributed by atoms with E-state index in [4.69, 9.17) is 11.6 Å². The van der Waals surface area contributed by atoms with Crippen LogP contribution in [0, 0.1) is 0 Å². The zero-order valence-electron chi connectivity index (χ0n) is 5.39. The summed E-state index contributed by atoms with van der Waals surface area (Å²) < 4.78 is 8.63. The fourth-order valence-electron chi connectivity index (χ4n) is 0.236. The summed E-state index contributed by atoms with van der Waals surface area (Å²) in [5.74, 6) is 0. The molecule has 0 saturated heterocycles. The van der Waals surface area contributed by atoms with Crippen LogP contribution in [-0.2, 0) is 9.47 Å². The summed E-state index contributed by atoms with van der Waals surface area (Å²) in [6.45, 7) is 1.81. The molecule has 0 aromatic heterocycles. The maximum Gasteiger partial charge on any atom is 0.509 e. The average molecular weight is 153 g/mol. The van der Waals surface area contributed by atoms with E-state index in [0.29, 0.717) is 6.42 Å². The van der Waals surface area contributed by atoms with Crippen molar-refractivity contribution in [1.29, 1.82) is 0 Å². The van der Waals surface area contributed by atoms with Gasteiger partial charge in [-0.3, -0.25) is 0 Å². The molecule has 0 unspecified atom stereocenters. The molecule has 0 fully saturated rings. The maximum absolute atomic E-state index is 10.3. The molecule has 0 heterocycles. The highest BCUT2D eigenvalue weighted by Gasteiger charge is 2.07. The van der Waals surface area contributed by atoms with E-state index in [9.17, 15) is 4.79 Å². The molecule has 0 aliphatic carbocycles. The molecule has 0 spiro atoms. The van der Waals surface area contributed by atoms with E-state index in [-0.39, 0.29) is 0 Å². The van der Waals surface area contributed by atoms with Gasteiger partial charge in [-0.05, 0) is 6.42 Å². The summed E-state index contributed by atoms with van der Waals surface area (Å²) in [6, 6.07) is 0. The predicted octanol–water partition coefficient (Wildman–Crippen LogP) is 1.74. The maximum atomic E-state index is 10.3. The topological polar surface area (TPSA) is 35.5 Å². The Morgan fingerprint density at radius 1 is 1.78 bits per heavy atom. The Kier molecular flexibility index (Phi) is 4.22. The van der Waals surface area contributed by atoms with Crippen molar-refractivity contribution >= 4 is 17.8 Å². The number of carbonyl (C=O) groups excluding carboxylic acids is 1. The molecule has 0 bridgehead atoms. The molecular formula is C5H9ClO3.